The highest BCUT2D eigenvalue weighted by Gasteiger charge is 2.44. The van der Waals surface area contributed by atoms with E-state index in [0.29, 0.717) is 6.42 Å². The van der Waals surface area contributed by atoms with Crippen molar-refractivity contribution in [1.82, 2.24) is 5.32 Å². The van der Waals surface area contributed by atoms with Gasteiger partial charge in [0.15, 0.2) is 0 Å². The molecular weight excluding hydrogens is 490 g/mol. The maximum absolute atomic E-state index is 12.0. The van der Waals surface area contributed by atoms with Gasteiger partial charge in [0, 0.05) is 6.42 Å². The predicted molar refractivity (Wildman–Crippen MR) is 146 cm³/mol. The Hall–Kier alpha value is -1.94. The molecule has 1 amide bonds. The summed E-state index contributed by atoms with van der Waals surface area (Å²) < 4.78 is 5.94. The molecule has 3 rings (SSSR count). The van der Waals surface area contributed by atoms with Gasteiger partial charge in [0.05, 0.1) is 12.1 Å². The van der Waals surface area contributed by atoms with Gasteiger partial charge >= 0.3 is 0 Å². The van der Waals surface area contributed by atoms with Crippen LogP contribution in [0.4, 0.5) is 0 Å². The van der Waals surface area contributed by atoms with E-state index in [1.807, 2.05) is 25.1 Å². The highest BCUT2D eigenvalue weighted by Crippen LogP contribution is 2.36. The SMILES string of the molecule is CS[C@H]1O[C@@H](c2ccc(C)c(Cc3ccc(CCCCC(=O)NC(C)(C)CO)cc3)c2)[C@H](O)[C@@H](O)[C@@H]1O. The molecule has 1 aliphatic rings. The molecule has 2 aromatic carbocycles. The Morgan fingerprint density at radius 3 is 2.32 bits per heavy atom. The fourth-order valence-electron chi connectivity index (χ4n) is 4.51. The molecule has 8 heteroatoms. The van der Waals surface area contributed by atoms with Gasteiger partial charge in [0.1, 0.15) is 29.9 Å². The summed E-state index contributed by atoms with van der Waals surface area (Å²) in [5, 5.41) is 43.1. The van der Waals surface area contributed by atoms with E-state index in [1.165, 1.54) is 17.3 Å². The van der Waals surface area contributed by atoms with Gasteiger partial charge in [0.2, 0.25) is 5.91 Å². The molecule has 0 aliphatic carbocycles. The van der Waals surface area contributed by atoms with Crippen LogP contribution in [0.15, 0.2) is 42.5 Å². The maximum atomic E-state index is 12.0. The molecule has 37 heavy (non-hydrogen) atoms. The molecule has 0 unspecified atom stereocenters. The molecular formula is C29H41NO6S. The van der Waals surface area contributed by atoms with Crippen LogP contribution in [0.5, 0.6) is 0 Å². The number of benzene rings is 2. The lowest BCUT2D eigenvalue weighted by molar-refractivity contribution is -0.200. The summed E-state index contributed by atoms with van der Waals surface area (Å²) in [5.41, 5.74) is 4.21. The van der Waals surface area contributed by atoms with Crippen LogP contribution in [-0.2, 0) is 22.4 Å². The van der Waals surface area contributed by atoms with E-state index in [4.69, 9.17) is 4.74 Å². The molecule has 0 saturated carbocycles. The molecule has 1 fully saturated rings. The van der Waals surface area contributed by atoms with E-state index >= 15 is 0 Å². The van der Waals surface area contributed by atoms with Crippen molar-refractivity contribution in [3.8, 4) is 0 Å². The van der Waals surface area contributed by atoms with Gasteiger partial charge in [0.25, 0.3) is 0 Å². The van der Waals surface area contributed by atoms with E-state index < -0.39 is 35.4 Å². The number of amides is 1. The maximum Gasteiger partial charge on any atom is 0.220 e. The highest BCUT2D eigenvalue weighted by molar-refractivity contribution is 7.99. The fourth-order valence-corrected chi connectivity index (χ4v) is 5.19. The van der Waals surface area contributed by atoms with Gasteiger partial charge in [-0.05, 0) is 80.5 Å². The zero-order valence-electron chi connectivity index (χ0n) is 22.2. The Morgan fingerprint density at radius 1 is 1.00 bits per heavy atom. The first-order valence-electron chi connectivity index (χ1n) is 12.9. The predicted octanol–water partition coefficient (Wildman–Crippen LogP) is 3.03. The van der Waals surface area contributed by atoms with Gasteiger partial charge in [-0.15, -0.1) is 11.8 Å². The Balaban J connectivity index is 1.57. The molecule has 5 N–H and O–H groups in total. The van der Waals surface area contributed by atoms with Crippen LogP contribution < -0.4 is 5.32 Å². The largest absolute Gasteiger partial charge is 0.394 e. The van der Waals surface area contributed by atoms with Crippen LogP contribution in [-0.4, -0.2) is 68.5 Å². The molecule has 5 atom stereocenters. The van der Waals surface area contributed by atoms with Crippen LogP contribution in [0, 0.1) is 6.92 Å². The van der Waals surface area contributed by atoms with Crippen molar-refractivity contribution >= 4 is 17.7 Å². The van der Waals surface area contributed by atoms with E-state index in [1.54, 1.807) is 20.1 Å². The number of thioether (sulfide) groups is 1. The first kappa shape index (κ1) is 29.6. The Bertz CT molecular complexity index is 1030. The van der Waals surface area contributed by atoms with Crippen molar-refractivity contribution in [3.63, 3.8) is 0 Å². The summed E-state index contributed by atoms with van der Waals surface area (Å²) >= 11 is 1.31. The minimum atomic E-state index is -1.27. The van der Waals surface area contributed by atoms with Crippen LogP contribution in [0.2, 0.25) is 0 Å². The number of hydrogen-bond acceptors (Lipinski definition) is 7. The summed E-state index contributed by atoms with van der Waals surface area (Å²) in [4.78, 5) is 12.0. The second-order valence-electron chi connectivity index (χ2n) is 10.6. The molecule has 0 bridgehead atoms. The second kappa shape index (κ2) is 13.2. The Labute approximate surface area is 224 Å². The van der Waals surface area contributed by atoms with Crippen molar-refractivity contribution < 1.29 is 30.0 Å². The van der Waals surface area contributed by atoms with Crippen LogP contribution in [0.25, 0.3) is 0 Å². The normalized spacial score (nSPS) is 24.2. The van der Waals surface area contributed by atoms with E-state index in [-0.39, 0.29) is 12.5 Å². The fraction of sp³-hybridized carbons (Fsp3) is 0.552. The van der Waals surface area contributed by atoms with E-state index in [0.717, 1.165) is 47.9 Å². The van der Waals surface area contributed by atoms with Gasteiger partial charge < -0.3 is 30.5 Å². The molecule has 1 aliphatic heterocycles. The lowest BCUT2D eigenvalue weighted by Gasteiger charge is -2.40. The third-order valence-corrected chi connectivity index (χ3v) is 7.77. The monoisotopic (exact) mass is 531 g/mol. The van der Waals surface area contributed by atoms with Gasteiger partial charge in [-0.25, -0.2) is 0 Å². The zero-order chi connectivity index (χ0) is 27.2. The molecule has 2 aromatic rings. The third-order valence-electron chi connectivity index (χ3n) is 6.91. The second-order valence-corrected chi connectivity index (χ2v) is 11.5. The summed E-state index contributed by atoms with van der Waals surface area (Å²) in [7, 11) is 0. The number of rotatable bonds is 11. The quantitative estimate of drug-likeness (QED) is 0.283. The summed E-state index contributed by atoms with van der Waals surface area (Å²) in [6.07, 6.45) is 1.24. The minimum Gasteiger partial charge on any atom is -0.394 e. The third kappa shape index (κ3) is 8.02. The number of ether oxygens (including phenoxy) is 1. The van der Waals surface area contributed by atoms with Crippen molar-refractivity contribution in [2.45, 2.75) is 88.3 Å². The summed E-state index contributed by atoms with van der Waals surface area (Å²) in [5.74, 6) is -0.0344. The number of carbonyl (C=O) groups excluding carboxylic acids is 1. The number of hydrogen-bond donors (Lipinski definition) is 5. The van der Waals surface area contributed by atoms with Gasteiger partial charge in [-0.1, -0.05) is 42.5 Å². The van der Waals surface area contributed by atoms with Crippen LogP contribution >= 0.6 is 11.8 Å². The lowest BCUT2D eigenvalue weighted by Crippen LogP contribution is -2.52. The van der Waals surface area contributed by atoms with Gasteiger partial charge in [-0.2, -0.15) is 0 Å². The number of unbranched alkanes of at least 4 members (excludes halogenated alkanes) is 1. The molecule has 1 saturated heterocycles. The van der Waals surface area contributed by atoms with Crippen molar-refractivity contribution in [3.05, 3.63) is 70.3 Å². The molecule has 7 nitrogen and oxygen atoms in total. The van der Waals surface area contributed by atoms with Crippen LogP contribution in [0.3, 0.4) is 0 Å². The van der Waals surface area contributed by atoms with Crippen molar-refractivity contribution in [1.29, 1.82) is 0 Å². The minimum absolute atomic E-state index is 0.0344. The molecule has 0 radical (unpaired) electrons. The summed E-state index contributed by atoms with van der Waals surface area (Å²) in [6, 6.07) is 14.4. The molecule has 204 valence electrons. The summed E-state index contributed by atoms with van der Waals surface area (Å²) in [6.45, 7) is 5.56. The highest BCUT2D eigenvalue weighted by atomic mass is 32.2. The van der Waals surface area contributed by atoms with Crippen molar-refractivity contribution in [2.24, 2.45) is 0 Å². The number of aliphatic hydroxyl groups excluding tert-OH is 4. The number of aliphatic hydroxyl groups is 4. The molecule has 0 aromatic heterocycles. The Morgan fingerprint density at radius 2 is 1.68 bits per heavy atom. The lowest BCUT2D eigenvalue weighted by atomic mass is 9.91. The number of carbonyl (C=O) groups is 1. The standard InChI is InChI=1S/C29H41NO6S/c1-18-9-14-21(27-25(34)24(33)26(35)28(36-27)37-4)16-22(18)15-20-12-10-19(11-13-20)7-5-6-8-23(32)30-29(2,3)17-31/h9-14,16,24-28,31,33-35H,5-8,15,17H2,1-4H3,(H,30,32)/t24-,25-,26+,27+,28-/m1/s1. The first-order chi connectivity index (χ1) is 17.5. The topological polar surface area (TPSA) is 119 Å². The molecule has 0 spiro atoms. The average Bonchev–Trinajstić information content (AvgIpc) is 2.87. The van der Waals surface area contributed by atoms with E-state index in [2.05, 4.69) is 29.6 Å². The Kier molecular flexibility index (Phi) is 10.6. The molecule has 1 heterocycles. The first-order valence-corrected chi connectivity index (χ1v) is 14.1. The number of nitrogens with one attached hydrogen (secondary N) is 1. The van der Waals surface area contributed by atoms with E-state index in [9.17, 15) is 25.2 Å². The number of aryl methyl sites for hydroxylation is 2. The van der Waals surface area contributed by atoms with Crippen molar-refractivity contribution in [2.75, 3.05) is 12.9 Å². The smallest absolute Gasteiger partial charge is 0.220 e. The zero-order valence-corrected chi connectivity index (χ0v) is 23.0. The average molecular weight is 532 g/mol. The van der Waals surface area contributed by atoms with Gasteiger partial charge in [-0.3, -0.25) is 4.79 Å². The van der Waals surface area contributed by atoms with Crippen LogP contribution in [0.1, 0.15) is 67.0 Å².